The second-order valence-corrected chi connectivity index (χ2v) is 6.87. The van der Waals surface area contributed by atoms with Gasteiger partial charge in [0, 0.05) is 22.8 Å². The number of fused-ring (bicyclic) bond motifs is 6. The van der Waals surface area contributed by atoms with Gasteiger partial charge in [-0.25, -0.2) is 4.79 Å². The number of carbonyl (C=O) groups is 2. The van der Waals surface area contributed by atoms with Gasteiger partial charge < -0.3 is 14.2 Å². The van der Waals surface area contributed by atoms with E-state index in [4.69, 9.17) is 14.2 Å². The Labute approximate surface area is 161 Å². The van der Waals surface area contributed by atoms with E-state index in [0.29, 0.717) is 39.5 Å². The zero-order chi connectivity index (χ0) is 19.5. The minimum atomic E-state index is -1.17. The van der Waals surface area contributed by atoms with E-state index in [1.807, 2.05) is 37.3 Å². The van der Waals surface area contributed by atoms with Crippen LogP contribution in [0, 0.1) is 6.92 Å². The van der Waals surface area contributed by atoms with Crippen LogP contribution in [0.5, 0.6) is 17.2 Å². The van der Waals surface area contributed by atoms with Crippen molar-refractivity contribution in [3.05, 3.63) is 88.0 Å². The van der Waals surface area contributed by atoms with Crippen molar-refractivity contribution in [1.82, 2.24) is 0 Å². The van der Waals surface area contributed by atoms with Crippen LogP contribution in [-0.2, 0) is 10.3 Å². The number of aldehydes is 1. The number of ether oxygens (including phenoxy) is 3. The SMILES string of the molecule is COc1ccc2c(c1)Oc1c(ccc(C)c1C=O)C21OC(=O)c2ccccc21. The first-order valence-corrected chi connectivity index (χ1v) is 8.88. The summed E-state index contributed by atoms with van der Waals surface area (Å²) < 4.78 is 17.5. The van der Waals surface area contributed by atoms with Crippen LogP contribution >= 0.6 is 0 Å². The Bertz CT molecular complexity index is 1160. The fourth-order valence-electron chi connectivity index (χ4n) is 4.11. The molecule has 1 unspecified atom stereocenters. The molecule has 0 N–H and O–H groups in total. The van der Waals surface area contributed by atoms with E-state index in [1.54, 1.807) is 31.4 Å². The molecule has 0 amide bonds. The molecule has 138 valence electrons. The monoisotopic (exact) mass is 372 g/mol. The molecule has 0 saturated heterocycles. The van der Waals surface area contributed by atoms with Gasteiger partial charge >= 0.3 is 5.97 Å². The molecule has 5 heteroatoms. The first-order chi connectivity index (χ1) is 13.6. The topological polar surface area (TPSA) is 61.8 Å². The Morgan fingerprint density at radius 2 is 1.79 bits per heavy atom. The zero-order valence-electron chi connectivity index (χ0n) is 15.3. The summed E-state index contributed by atoms with van der Waals surface area (Å²) in [5.74, 6) is 1.10. The Kier molecular flexibility index (Phi) is 3.37. The van der Waals surface area contributed by atoms with Gasteiger partial charge in [0.25, 0.3) is 0 Å². The zero-order valence-corrected chi connectivity index (χ0v) is 15.3. The number of hydrogen-bond acceptors (Lipinski definition) is 5. The normalized spacial score (nSPS) is 18.6. The molecule has 0 saturated carbocycles. The second-order valence-electron chi connectivity index (χ2n) is 6.87. The van der Waals surface area contributed by atoms with Crippen LogP contribution < -0.4 is 9.47 Å². The molecule has 0 radical (unpaired) electrons. The number of carbonyl (C=O) groups excluding carboxylic acids is 2. The van der Waals surface area contributed by atoms with E-state index in [1.165, 1.54) is 0 Å². The molecule has 28 heavy (non-hydrogen) atoms. The van der Waals surface area contributed by atoms with Gasteiger partial charge in [-0.2, -0.15) is 0 Å². The maximum absolute atomic E-state index is 12.7. The highest BCUT2D eigenvalue weighted by Gasteiger charge is 2.53. The van der Waals surface area contributed by atoms with Crippen molar-refractivity contribution in [2.24, 2.45) is 0 Å². The lowest BCUT2D eigenvalue weighted by Gasteiger charge is -2.37. The van der Waals surface area contributed by atoms with Crippen LogP contribution in [0.15, 0.2) is 54.6 Å². The lowest BCUT2D eigenvalue weighted by atomic mass is 9.76. The van der Waals surface area contributed by atoms with Gasteiger partial charge in [0.2, 0.25) is 0 Å². The molecule has 3 aromatic rings. The van der Waals surface area contributed by atoms with Gasteiger partial charge in [0.1, 0.15) is 17.2 Å². The highest BCUT2D eigenvalue weighted by Crippen LogP contribution is 2.57. The Morgan fingerprint density at radius 3 is 2.57 bits per heavy atom. The molecule has 0 bridgehead atoms. The predicted molar refractivity (Wildman–Crippen MR) is 101 cm³/mol. The van der Waals surface area contributed by atoms with Gasteiger partial charge in [-0.3, -0.25) is 4.79 Å². The van der Waals surface area contributed by atoms with E-state index in [-0.39, 0.29) is 0 Å². The largest absolute Gasteiger partial charge is 0.497 e. The van der Waals surface area contributed by atoms with Crippen LogP contribution in [0.4, 0.5) is 0 Å². The molecule has 0 aromatic heterocycles. The average molecular weight is 372 g/mol. The summed E-state index contributed by atoms with van der Waals surface area (Å²) in [6.45, 7) is 1.84. The minimum absolute atomic E-state index is 0.403. The standard InChI is InChI=1S/C23H16O5/c1-13-7-9-19-21(16(13)12-24)27-20-11-14(26-2)8-10-18(20)23(19)17-6-4-3-5-15(17)22(25)28-23/h3-12H,1-2H3. The minimum Gasteiger partial charge on any atom is -0.497 e. The number of hydrogen-bond donors (Lipinski definition) is 0. The molecular weight excluding hydrogens is 356 g/mol. The molecule has 1 atom stereocenters. The number of esters is 1. The van der Waals surface area contributed by atoms with E-state index in [9.17, 15) is 9.59 Å². The molecule has 1 spiro atoms. The quantitative estimate of drug-likeness (QED) is 0.493. The summed E-state index contributed by atoms with van der Waals surface area (Å²) in [7, 11) is 1.57. The molecule has 5 rings (SSSR count). The van der Waals surface area contributed by atoms with Crippen molar-refractivity contribution in [2.75, 3.05) is 7.11 Å². The second kappa shape index (κ2) is 5.70. The number of methoxy groups -OCH3 is 1. The summed E-state index contributed by atoms with van der Waals surface area (Å²) in [4.78, 5) is 24.6. The van der Waals surface area contributed by atoms with Crippen molar-refractivity contribution in [3.63, 3.8) is 0 Å². The highest BCUT2D eigenvalue weighted by molar-refractivity contribution is 5.97. The van der Waals surface area contributed by atoms with Crippen LogP contribution in [-0.4, -0.2) is 19.4 Å². The Balaban J connectivity index is 1.92. The molecule has 0 aliphatic carbocycles. The fraction of sp³-hybridized carbons (Fsp3) is 0.130. The third kappa shape index (κ3) is 1.96. The summed E-state index contributed by atoms with van der Waals surface area (Å²) in [6, 6.07) is 16.4. The summed E-state index contributed by atoms with van der Waals surface area (Å²) in [5.41, 5.74) is 2.62. The van der Waals surface area contributed by atoms with Crippen LogP contribution in [0.1, 0.15) is 43.0 Å². The van der Waals surface area contributed by atoms with Crippen molar-refractivity contribution >= 4 is 12.3 Å². The molecule has 5 nitrogen and oxygen atoms in total. The van der Waals surface area contributed by atoms with Crippen molar-refractivity contribution < 1.29 is 23.8 Å². The van der Waals surface area contributed by atoms with Crippen LogP contribution in [0.3, 0.4) is 0 Å². The maximum Gasteiger partial charge on any atom is 0.340 e. The average Bonchev–Trinajstić information content (AvgIpc) is 3.01. The van der Waals surface area contributed by atoms with Crippen molar-refractivity contribution in [3.8, 4) is 17.2 Å². The maximum atomic E-state index is 12.7. The summed E-state index contributed by atoms with van der Waals surface area (Å²) in [5, 5.41) is 0. The Morgan fingerprint density at radius 1 is 1.00 bits per heavy atom. The number of rotatable bonds is 2. The van der Waals surface area contributed by atoms with Gasteiger partial charge in [0.15, 0.2) is 11.9 Å². The lowest BCUT2D eigenvalue weighted by Crippen LogP contribution is -2.33. The summed E-state index contributed by atoms with van der Waals surface area (Å²) in [6.07, 6.45) is 0.774. The van der Waals surface area contributed by atoms with Crippen LogP contribution in [0.2, 0.25) is 0 Å². The van der Waals surface area contributed by atoms with Crippen molar-refractivity contribution in [1.29, 1.82) is 0 Å². The highest BCUT2D eigenvalue weighted by atomic mass is 16.6. The molecule has 3 aromatic carbocycles. The molecule has 2 heterocycles. The molecular formula is C23H16O5. The van der Waals surface area contributed by atoms with E-state index in [2.05, 4.69) is 0 Å². The third-order valence-corrected chi connectivity index (χ3v) is 5.46. The van der Waals surface area contributed by atoms with Gasteiger partial charge in [0.05, 0.1) is 18.2 Å². The fourth-order valence-corrected chi connectivity index (χ4v) is 4.11. The van der Waals surface area contributed by atoms with Gasteiger partial charge in [-0.05, 0) is 30.7 Å². The van der Waals surface area contributed by atoms with E-state index < -0.39 is 11.6 Å². The van der Waals surface area contributed by atoms with Crippen LogP contribution in [0.25, 0.3) is 0 Å². The lowest BCUT2D eigenvalue weighted by molar-refractivity contribution is 0.0224. The third-order valence-electron chi connectivity index (χ3n) is 5.46. The van der Waals surface area contributed by atoms with Gasteiger partial charge in [-0.1, -0.05) is 30.3 Å². The molecule has 0 fully saturated rings. The number of aryl methyl sites for hydroxylation is 1. The smallest absolute Gasteiger partial charge is 0.340 e. The van der Waals surface area contributed by atoms with E-state index >= 15 is 0 Å². The predicted octanol–water partition coefficient (Wildman–Crippen LogP) is 4.38. The number of benzene rings is 3. The molecule has 2 aliphatic heterocycles. The first-order valence-electron chi connectivity index (χ1n) is 8.88. The van der Waals surface area contributed by atoms with Gasteiger partial charge in [-0.15, -0.1) is 0 Å². The summed E-state index contributed by atoms with van der Waals surface area (Å²) >= 11 is 0. The Hall–Kier alpha value is -3.60. The van der Waals surface area contributed by atoms with E-state index in [0.717, 1.165) is 17.4 Å². The van der Waals surface area contributed by atoms with Crippen molar-refractivity contribution in [2.45, 2.75) is 12.5 Å². The first kappa shape index (κ1) is 16.6. The molecule has 2 aliphatic rings.